The molecule has 0 aliphatic heterocycles. The zero-order valence-electron chi connectivity index (χ0n) is 10.3. The van der Waals surface area contributed by atoms with E-state index in [4.69, 9.17) is 5.11 Å². The maximum absolute atomic E-state index is 11.0. The molecule has 0 saturated carbocycles. The molecule has 0 aromatic heterocycles. The number of nitro benzene ring substituents is 1. The highest BCUT2D eigenvalue weighted by atomic mass is 79.9. The number of carboxylic acid groups (broad SMARTS) is 1. The third-order valence-corrected chi connectivity index (χ3v) is 3.79. The number of benzene rings is 2. The Bertz CT molecular complexity index is 734. The van der Waals surface area contributed by atoms with Crippen LogP contribution in [-0.4, -0.2) is 16.0 Å². The Kier molecular flexibility index (Phi) is 4.59. The number of hydrogen-bond acceptors (Lipinski definition) is 4. The van der Waals surface area contributed by atoms with Crippen LogP contribution in [-0.2, 0) is 0 Å². The van der Waals surface area contributed by atoms with E-state index in [1.54, 1.807) is 12.1 Å². The molecule has 2 rings (SSSR count). The Balaban J connectivity index is 2.40. The summed E-state index contributed by atoms with van der Waals surface area (Å²) < 4.78 is 1.19. The second-order valence-electron chi connectivity index (χ2n) is 4.04. The minimum absolute atomic E-state index is 0.0765. The molecule has 21 heavy (non-hydrogen) atoms. The fraction of sp³-hybridized carbons (Fsp3) is 0. The molecule has 0 heterocycles. The quantitative estimate of drug-likeness (QED) is 0.563. The smallest absolute Gasteiger partial charge is 0.335 e. The summed E-state index contributed by atoms with van der Waals surface area (Å²) >= 11 is 6.50. The van der Waals surface area contributed by atoms with Gasteiger partial charge in [-0.15, -0.1) is 0 Å². The van der Waals surface area contributed by atoms with Crippen LogP contribution in [0.15, 0.2) is 45.3 Å². The van der Waals surface area contributed by atoms with Gasteiger partial charge in [-0.25, -0.2) is 4.79 Å². The molecule has 0 fully saturated rings. The standard InChI is InChI=1S/C13H8Br2N2O4/c14-8-2-4-12(17(20)21)11(6-8)16-10-3-1-7(13(18)19)5-9(10)15/h1-6,16H,(H,18,19). The van der Waals surface area contributed by atoms with Crippen LogP contribution in [0.2, 0.25) is 0 Å². The summed E-state index contributed by atoms with van der Waals surface area (Å²) in [6.45, 7) is 0. The molecule has 0 spiro atoms. The summed E-state index contributed by atoms with van der Waals surface area (Å²) in [4.78, 5) is 21.4. The van der Waals surface area contributed by atoms with Crippen molar-refractivity contribution in [3.63, 3.8) is 0 Å². The molecule has 0 aliphatic rings. The van der Waals surface area contributed by atoms with Crippen molar-refractivity contribution in [2.75, 3.05) is 5.32 Å². The molecular formula is C13H8Br2N2O4. The van der Waals surface area contributed by atoms with Gasteiger partial charge in [0.2, 0.25) is 0 Å². The molecule has 8 heteroatoms. The summed E-state index contributed by atoms with van der Waals surface area (Å²) in [6.07, 6.45) is 0. The Morgan fingerprint density at radius 1 is 1.14 bits per heavy atom. The van der Waals surface area contributed by atoms with E-state index in [-0.39, 0.29) is 11.3 Å². The number of anilines is 2. The van der Waals surface area contributed by atoms with Crippen molar-refractivity contribution in [1.82, 2.24) is 0 Å². The van der Waals surface area contributed by atoms with E-state index < -0.39 is 10.9 Å². The molecule has 0 saturated heterocycles. The second kappa shape index (κ2) is 6.23. The van der Waals surface area contributed by atoms with Gasteiger partial charge in [0, 0.05) is 15.0 Å². The van der Waals surface area contributed by atoms with Crippen LogP contribution in [0.5, 0.6) is 0 Å². The normalized spacial score (nSPS) is 10.2. The first-order valence-electron chi connectivity index (χ1n) is 5.62. The molecule has 2 aromatic rings. The minimum atomic E-state index is -1.05. The fourth-order valence-corrected chi connectivity index (χ4v) is 2.50. The SMILES string of the molecule is O=C(O)c1ccc(Nc2cc(Br)ccc2[N+](=O)[O-])c(Br)c1. The van der Waals surface area contributed by atoms with Crippen molar-refractivity contribution in [1.29, 1.82) is 0 Å². The molecule has 2 aromatic carbocycles. The lowest BCUT2D eigenvalue weighted by Crippen LogP contribution is -2.00. The van der Waals surface area contributed by atoms with E-state index >= 15 is 0 Å². The van der Waals surface area contributed by atoms with Gasteiger partial charge in [-0.2, -0.15) is 0 Å². The summed E-state index contributed by atoms with van der Waals surface area (Å²) in [6, 6.07) is 8.92. The van der Waals surface area contributed by atoms with Gasteiger partial charge < -0.3 is 10.4 Å². The fourth-order valence-electron chi connectivity index (χ4n) is 1.66. The van der Waals surface area contributed by atoms with Crippen molar-refractivity contribution in [3.05, 3.63) is 61.0 Å². The first-order chi connectivity index (χ1) is 9.88. The lowest BCUT2D eigenvalue weighted by atomic mass is 10.2. The van der Waals surface area contributed by atoms with Gasteiger partial charge in [0.15, 0.2) is 0 Å². The van der Waals surface area contributed by atoms with Crippen molar-refractivity contribution in [2.45, 2.75) is 0 Å². The van der Waals surface area contributed by atoms with Crippen LogP contribution in [0.25, 0.3) is 0 Å². The van der Waals surface area contributed by atoms with Crippen LogP contribution < -0.4 is 5.32 Å². The summed E-state index contributed by atoms with van der Waals surface area (Å²) in [5.74, 6) is -1.05. The molecule has 0 atom stereocenters. The number of hydrogen-bond donors (Lipinski definition) is 2. The lowest BCUT2D eigenvalue weighted by Gasteiger charge is -2.10. The average Bonchev–Trinajstić information content (AvgIpc) is 2.40. The number of nitrogens with one attached hydrogen (secondary N) is 1. The Labute approximate surface area is 136 Å². The van der Waals surface area contributed by atoms with Crippen molar-refractivity contribution in [2.24, 2.45) is 0 Å². The molecule has 6 nitrogen and oxygen atoms in total. The van der Waals surface area contributed by atoms with Crippen LogP contribution in [0.1, 0.15) is 10.4 Å². The van der Waals surface area contributed by atoms with Gasteiger partial charge in [0.1, 0.15) is 5.69 Å². The van der Waals surface area contributed by atoms with Gasteiger partial charge >= 0.3 is 5.97 Å². The molecule has 0 unspecified atom stereocenters. The summed E-state index contributed by atoms with van der Waals surface area (Å²) in [5, 5.41) is 22.8. The highest BCUT2D eigenvalue weighted by molar-refractivity contribution is 9.10. The largest absolute Gasteiger partial charge is 0.478 e. The minimum Gasteiger partial charge on any atom is -0.478 e. The molecule has 2 N–H and O–H groups in total. The van der Waals surface area contributed by atoms with Crippen molar-refractivity contribution in [3.8, 4) is 0 Å². The predicted octanol–water partition coefficient (Wildman–Crippen LogP) is 4.56. The lowest BCUT2D eigenvalue weighted by molar-refractivity contribution is -0.383. The van der Waals surface area contributed by atoms with Gasteiger partial charge in [-0.1, -0.05) is 15.9 Å². The highest BCUT2D eigenvalue weighted by Crippen LogP contribution is 2.33. The first-order valence-corrected chi connectivity index (χ1v) is 7.21. The van der Waals surface area contributed by atoms with Gasteiger partial charge in [-0.3, -0.25) is 10.1 Å². The molecule has 108 valence electrons. The Morgan fingerprint density at radius 3 is 2.43 bits per heavy atom. The monoisotopic (exact) mass is 414 g/mol. The molecule has 0 radical (unpaired) electrons. The molecular weight excluding hydrogens is 408 g/mol. The van der Waals surface area contributed by atoms with Crippen LogP contribution in [0, 0.1) is 10.1 Å². The van der Waals surface area contributed by atoms with E-state index in [9.17, 15) is 14.9 Å². The zero-order chi connectivity index (χ0) is 15.6. The summed E-state index contributed by atoms with van der Waals surface area (Å²) in [7, 11) is 0. The topological polar surface area (TPSA) is 92.5 Å². The number of aromatic carboxylic acids is 1. The van der Waals surface area contributed by atoms with E-state index in [1.165, 1.54) is 24.3 Å². The summed E-state index contributed by atoms with van der Waals surface area (Å²) in [5.41, 5.74) is 0.878. The van der Waals surface area contributed by atoms with Crippen LogP contribution >= 0.6 is 31.9 Å². The Hall–Kier alpha value is -1.93. The molecule has 0 bridgehead atoms. The van der Waals surface area contributed by atoms with E-state index in [2.05, 4.69) is 37.2 Å². The van der Waals surface area contributed by atoms with Gasteiger partial charge in [0.05, 0.1) is 16.2 Å². The number of nitro groups is 1. The van der Waals surface area contributed by atoms with E-state index in [0.717, 1.165) is 0 Å². The first kappa shape index (κ1) is 15.5. The highest BCUT2D eigenvalue weighted by Gasteiger charge is 2.15. The second-order valence-corrected chi connectivity index (χ2v) is 5.81. The number of halogens is 2. The number of rotatable bonds is 4. The predicted molar refractivity (Wildman–Crippen MR) is 85.2 cm³/mol. The third kappa shape index (κ3) is 3.59. The maximum atomic E-state index is 11.0. The third-order valence-electron chi connectivity index (χ3n) is 2.64. The Morgan fingerprint density at radius 2 is 1.86 bits per heavy atom. The molecule has 0 amide bonds. The van der Waals surface area contributed by atoms with Crippen molar-refractivity contribution < 1.29 is 14.8 Å². The zero-order valence-corrected chi connectivity index (χ0v) is 13.5. The van der Waals surface area contributed by atoms with E-state index in [1.807, 2.05) is 0 Å². The van der Waals surface area contributed by atoms with Crippen LogP contribution in [0.4, 0.5) is 17.1 Å². The van der Waals surface area contributed by atoms with Gasteiger partial charge in [0.25, 0.3) is 5.69 Å². The number of nitrogens with zero attached hydrogens (tertiary/aromatic N) is 1. The number of carboxylic acids is 1. The molecule has 0 aliphatic carbocycles. The van der Waals surface area contributed by atoms with E-state index in [0.29, 0.717) is 20.3 Å². The van der Waals surface area contributed by atoms with Crippen LogP contribution in [0.3, 0.4) is 0 Å². The number of carbonyl (C=O) groups is 1. The van der Waals surface area contributed by atoms with Gasteiger partial charge in [-0.05, 0) is 46.3 Å². The maximum Gasteiger partial charge on any atom is 0.335 e. The average molecular weight is 416 g/mol. The van der Waals surface area contributed by atoms with Crippen molar-refractivity contribution >= 4 is 54.9 Å².